The zero-order valence-corrected chi connectivity index (χ0v) is 13.0. The normalized spacial score (nSPS) is 13.8. The second kappa shape index (κ2) is 9.77. The quantitative estimate of drug-likeness (QED) is 0.462. The minimum absolute atomic E-state index is 0.268. The first-order valence-electron chi connectivity index (χ1n) is 5.99. The van der Waals surface area contributed by atoms with Gasteiger partial charge in [0.1, 0.15) is 0 Å². The zero-order chi connectivity index (χ0) is 11.7. The fourth-order valence-electron chi connectivity index (χ4n) is 1.57. The molecule has 1 atom stereocenters. The van der Waals surface area contributed by atoms with Gasteiger partial charge in [-0.2, -0.15) is 0 Å². The summed E-state index contributed by atoms with van der Waals surface area (Å²) in [6.45, 7) is 12.7. The highest BCUT2D eigenvalue weighted by Crippen LogP contribution is 2.28. The Labute approximate surface area is 98.3 Å². The molecule has 0 aromatic carbocycles. The predicted molar refractivity (Wildman–Crippen MR) is 72.7 cm³/mol. The van der Waals surface area contributed by atoms with Crippen molar-refractivity contribution in [1.29, 1.82) is 0 Å². The van der Waals surface area contributed by atoms with Gasteiger partial charge in [-0.15, -0.1) is 7.92 Å². The minimum atomic E-state index is -1.38. The van der Waals surface area contributed by atoms with Gasteiger partial charge in [-0.25, -0.2) is 0 Å². The fourth-order valence-corrected chi connectivity index (χ4v) is 4.30. The maximum Gasteiger partial charge on any atom is 0.324 e. The van der Waals surface area contributed by atoms with Gasteiger partial charge in [0.2, 0.25) is 0 Å². The average Bonchev–Trinajstić information content (AvgIpc) is 2.16. The zero-order valence-electron chi connectivity index (χ0n) is 11.0. The van der Waals surface area contributed by atoms with Gasteiger partial charge in [-0.3, -0.25) is 0 Å². The lowest BCUT2D eigenvalue weighted by molar-refractivity contribution is 0.204. The summed E-state index contributed by atoms with van der Waals surface area (Å²) in [5.41, 5.74) is 0.653. The SMILES string of the molecule is CCO[SiH](OCC)C(C)CCCP(C)C. The Hall–Kier alpha value is 0.567. The molecule has 0 amide bonds. The molecule has 0 aliphatic carbocycles. The fraction of sp³-hybridized carbons (Fsp3) is 1.00. The summed E-state index contributed by atoms with van der Waals surface area (Å²) in [6, 6.07) is 0. The summed E-state index contributed by atoms with van der Waals surface area (Å²) in [6.07, 6.45) is 4.00. The third kappa shape index (κ3) is 8.38. The number of hydrogen-bond donors (Lipinski definition) is 0. The summed E-state index contributed by atoms with van der Waals surface area (Å²) < 4.78 is 11.4. The predicted octanol–water partition coefficient (Wildman–Crippen LogP) is 3.19. The van der Waals surface area contributed by atoms with E-state index in [1.807, 2.05) is 0 Å². The van der Waals surface area contributed by atoms with Gasteiger partial charge in [0, 0.05) is 13.2 Å². The lowest BCUT2D eigenvalue weighted by Gasteiger charge is -2.21. The summed E-state index contributed by atoms with van der Waals surface area (Å²) >= 11 is 0. The molecule has 4 heteroatoms. The van der Waals surface area contributed by atoms with E-state index in [0.717, 1.165) is 13.2 Å². The first kappa shape index (κ1) is 15.6. The maximum absolute atomic E-state index is 5.72. The molecule has 1 unspecified atom stereocenters. The van der Waals surface area contributed by atoms with E-state index in [0.29, 0.717) is 5.54 Å². The summed E-state index contributed by atoms with van der Waals surface area (Å²) in [7, 11) is -1.12. The van der Waals surface area contributed by atoms with Crippen LogP contribution in [0.2, 0.25) is 5.54 Å². The Morgan fingerprint density at radius 1 is 1.13 bits per heavy atom. The van der Waals surface area contributed by atoms with Crippen LogP contribution in [-0.4, -0.2) is 42.0 Å². The molecule has 0 aromatic rings. The van der Waals surface area contributed by atoms with Crippen LogP contribution in [0.3, 0.4) is 0 Å². The van der Waals surface area contributed by atoms with Crippen LogP contribution in [0.25, 0.3) is 0 Å². The maximum atomic E-state index is 5.72. The molecule has 2 nitrogen and oxygen atoms in total. The molecule has 92 valence electrons. The van der Waals surface area contributed by atoms with Crippen molar-refractivity contribution < 1.29 is 8.85 Å². The van der Waals surface area contributed by atoms with Crippen molar-refractivity contribution in [3.05, 3.63) is 0 Å². The lowest BCUT2D eigenvalue weighted by Crippen LogP contribution is -2.27. The van der Waals surface area contributed by atoms with Crippen LogP contribution in [0.5, 0.6) is 0 Å². The van der Waals surface area contributed by atoms with Gasteiger partial charge in [0.05, 0.1) is 0 Å². The van der Waals surface area contributed by atoms with E-state index in [9.17, 15) is 0 Å². The number of rotatable bonds is 9. The van der Waals surface area contributed by atoms with E-state index in [1.165, 1.54) is 19.0 Å². The third-order valence-corrected chi connectivity index (χ3v) is 6.19. The molecule has 0 fully saturated rings. The molecule has 0 saturated heterocycles. The Kier molecular flexibility index (Phi) is 10.1. The molecule has 0 radical (unpaired) electrons. The first-order chi connectivity index (χ1) is 7.11. The van der Waals surface area contributed by atoms with E-state index in [1.54, 1.807) is 0 Å². The molecule has 0 bridgehead atoms. The lowest BCUT2D eigenvalue weighted by atomic mass is 10.3. The minimum Gasteiger partial charge on any atom is -0.397 e. The van der Waals surface area contributed by atoms with Gasteiger partial charge < -0.3 is 8.85 Å². The van der Waals surface area contributed by atoms with Gasteiger partial charge in [0.25, 0.3) is 0 Å². The smallest absolute Gasteiger partial charge is 0.324 e. The van der Waals surface area contributed by atoms with Gasteiger partial charge in [0.15, 0.2) is 0 Å². The van der Waals surface area contributed by atoms with Crippen LogP contribution in [0.1, 0.15) is 33.6 Å². The largest absolute Gasteiger partial charge is 0.397 e. The first-order valence-corrected chi connectivity index (χ1v) is 10.0. The van der Waals surface area contributed by atoms with Crippen molar-refractivity contribution in [1.82, 2.24) is 0 Å². The van der Waals surface area contributed by atoms with Crippen LogP contribution in [-0.2, 0) is 8.85 Å². The van der Waals surface area contributed by atoms with Crippen LogP contribution in [0.4, 0.5) is 0 Å². The topological polar surface area (TPSA) is 18.5 Å². The van der Waals surface area contributed by atoms with Crippen LogP contribution < -0.4 is 0 Å². The highest BCUT2D eigenvalue weighted by molar-refractivity contribution is 7.55. The van der Waals surface area contributed by atoms with Crippen LogP contribution in [0.15, 0.2) is 0 Å². The summed E-state index contributed by atoms with van der Waals surface area (Å²) in [5, 5.41) is 0. The number of hydrogen-bond acceptors (Lipinski definition) is 2. The Morgan fingerprint density at radius 2 is 1.67 bits per heavy atom. The molecule has 0 rings (SSSR count). The van der Waals surface area contributed by atoms with E-state index < -0.39 is 9.28 Å². The molecule has 0 N–H and O–H groups in total. The Bertz CT molecular complexity index is 139. The van der Waals surface area contributed by atoms with Crippen LogP contribution in [0, 0.1) is 0 Å². The van der Waals surface area contributed by atoms with Crippen molar-refractivity contribution in [2.75, 3.05) is 32.7 Å². The van der Waals surface area contributed by atoms with Crippen LogP contribution >= 0.6 is 7.92 Å². The molecular formula is C11H27O2PSi. The Balaban J connectivity index is 3.74. The molecule has 0 aliphatic rings. The Morgan fingerprint density at radius 3 is 2.07 bits per heavy atom. The highest BCUT2D eigenvalue weighted by Gasteiger charge is 2.20. The summed E-state index contributed by atoms with van der Waals surface area (Å²) in [5.74, 6) is 0. The third-order valence-electron chi connectivity index (χ3n) is 2.39. The monoisotopic (exact) mass is 250 g/mol. The van der Waals surface area contributed by atoms with Crippen molar-refractivity contribution in [3.63, 3.8) is 0 Å². The van der Waals surface area contributed by atoms with Crippen molar-refractivity contribution >= 4 is 17.2 Å². The van der Waals surface area contributed by atoms with E-state index in [2.05, 4.69) is 34.1 Å². The van der Waals surface area contributed by atoms with E-state index in [-0.39, 0.29) is 7.92 Å². The second-order valence-corrected chi connectivity index (χ2v) is 9.35. The van der Waals surface area contributed by atoms with E-state index >= 15 is 0 Å². The highest BCUT2D eigenvalue weighted by atomic mass is 31.1. The molecule has 15 heavy (non-hydrogen) atoms. The van der Waals surface area contributed by atoms with Gasteiger partial charge in [-0.1, -0.05) is 6.92 Å². The molecular weight excluding hydrogens is 223 g/mol. The van der Waals surface area contributed by atoms with Crippen molar-refractivity contribution in [2.24, 2.45) is 0 Å². The molecule has 0 aromatic heterocycles. The second-order valence-electron chi connectivity index (χ2n) is 4.20. The van der Waals surface area contributed by atoms with Gasteiger partial charge >= 0.3 is 9.28 Å². The molecule has 0 spiro atoms. The summed E-state index contributed by atoms with van der Waals surface area (Å²) in [4.78, 5) is 0. The molecule has 0 aliphatic heterocycles. The molecule has 0 saturated carbocycles. The van der Waals surface area contributed by atoms with Crippen molar-refractivity contribution in [2.45, 2.75) is 39.2 Å². The molecule has 0 heterocycles. The average molecular weight is 250 g/mol. The van der Waals surface area contributed by atoms with Crippen molar-refractivity contribution in [3.8, 4) is 0 Å². The van der Waals surface area contributed by atoms with E-state index in [4.69, 9.17) is 8.85 Å². The standard InChI is InChI=1S/C11H27O2PSi/c1-6-12-15(13-7-2)11(3)9-8-10-14(4)5/h11,15H,6-10H2,1-5H3. The van der Waals surface area contributed by atoms with Gasteiger partial charge in [-0.05, 0) is 51.7 Å².